The third-order valence-electron chi connectivity index (χ3n) is 13.7. The van der Waals surface area contributed by atoms with E-state index in [1.807, 2.05) is 78.1 Å². The Morgan fingerprint density at radius 2 is 1.05 bits per heavy atom. The number of hydrogen-bond acceptors (Lipinski definition) is 19. The van der Waals surface area contributed by atoms with Gasteiger partial charge in [0, 0.05) is 110 Å². The van der Waals surface area contributed by atoms with Crippen LogP contribution in [0.25, 0.3) is 67.9 Å². The third-order valence-corrected chi connectivity index (χ3v) is 15.8. The van der Waals surface area contributed by atoms with Crippen LogP contribution in [-0.2, 0) is 61.8 Å². The molecule has 87 heavy (non-hydrogen) atoms. The third kappa shape index (κ3) is 16.4. The summed E-state index contributed by atoms with van der Waals surface area (Å²) in [4.78, 5) is 54.6. The summed E-state index contributed by atoms with van der Waals surface area (Å²) in [6.07, 6.45) is 21.0. The number of aromatic hydroxyl groups is 1. The largest absolute Gasteiger partial charge is 0.506 e. The van der Waals surface area contributed by atoms with Crippen LogP contribution in [-0.4, -0.2) is 142 Å². The van der Waals surface area contributed by atoms with E-state index in [9.17, 15) is 31.5 Å². The molecule has 8 heterocycles. The van der Waals surface area contributed by atoms with Crippen molar-refractivity contribution in [2.45, 2.75) is 90.1 Å². The van der Waals surface area contributed by atoms with Crippen LogP contribution in [0.5, 0.6) is 11.5 Å². The number of fused-ring (bicyclic) bond motifs is 2. The van der Waals surface area contributed by atoms with Gasteiger partial charge in [0.05, 0.1) is 75.3 Å². The second kappa shape index (κ2) is 29.0. The molecule has 2 saturated carbocycles. The molecule has 0 radical (unpaired) electrons. The summed E-state index contributed by atoms with van der Waals surface area (Å²) in [5, 5.41) is 36.0. The molecule has 2 aliphatic rings. The van der Waals surface area contributed by atoms with Crippen molar-refractivity contribution in [2.24, 2.45) is 0 Å². The van der Waals surface area contributed by atoms with E-state index in [2.05, 4.69) is 45.3 Å². The van der Waals surface area contributed by atoms with E-state index in [0.29, 0.717) is 98.3 Å². The van der Waals surface area contributed by atoms with Crippen LogP contribution >= 0.6 is 0 Å². The fourth-order valence-corrected chi connectivity index (χ4v) is 10.4. The molecule has 2 aliphatic carbocycles. The fourth-order valence-electron chi connectivity index (χ4n) is 9.06. The fraction of sp³-hybridized carbons (Fsp3) is 0.345. The minimum absolute atomic E-state index is 0. The molecule has 0 bridgehead atoms. The second-order valence-corrected chi connectivity index (χ2v) is 25.6. The standard InChI is InChI=1S/C28H30N8O4S.C24H22N8O2.C4H10O3S.2CH3.2W/c1-18(2)35-17-31-33-27(35)21-6-4-7-26(32-21)36-16-30-22-13-25(40-10-5-11-41(3,38)39)24(12-20(22)28(36)37)34-14-23(29-15-34)19-8-9-19;1-14(2)31-13-27-29-23(31)17-4-3-5-22(28-17)32-12-26-18-9-21(33)20(8-16(18)24(32)34)30-10-19(25-11-30)15-6-7-15;1-8(6,7)4-2-3-5;;;;/h4,6-7,12-19H,5,8-11H2,1-3H3;3-5,8-15,33H,6-7H2,1-2H3;5H,2-4H2,1H3;2*1H3;;/q;;;2*-1;;. The van der Waals surface area contributed by atoms with Gasteiger partial charge in [-0.3, -0.25) is 18.7 Å². The number of benzene rings is 2. The van der Waals surface area contributed by atoms with Crippen molar-refractivity contribution in [3.05, 3.63) is 158 Å². The first-order valence-corrected chi connectivity index (χ1v) is 31.1. The molecular formula is C58H68N16O9S2W2-2. The van der Waals surface area contributed by atoms with E-state index in [1.54, 1.807) is 60.2 Å². The Labute approximate surface area is 532 Å². The molecule has 0 amide bonds. The first-order valence-electron chi connectivity index (χ1n) is 27.0. The zero-order valence-electron chi connectivity index (χ0n) is 49.3. The van der Waals surface area contributed by atoms with Gasteiger partial charge in [-0.1, -0.05) is 12.1 Å². The van der Waals surface area contributed by atoms with E-state index in [1.165, 1.54) is 34.1 Å². The van der Waals surface area contributed by atoms with Crippen molar-refractivity contribution >= 4 is 41.5 Å². The summed E-state index contributed by atoms with van der Waals surface area (Å²) in [5.74, 6) is 3.63. The molecule has 0 unspecified atom stereocenters. The van der Waals surface area contributed by atoms with Gasteiger partial charge in [-0.2, -0.15) is 0 Å². The zero-order valence-corrected chi connectivity index (χ0v) is 56.8. The number of hydrogen-bond donors (Lipinski definition) is 2. The molecule has 25 nitrogen and oxygen atoms in total. The van der Waals surface area contributed by atoms with Gasteiger partial charge in [0.15, 0.2) is 11.6 Å². The van der Waals surface area contributed by atoms with E-state index < -0.39 is 19.7 Å². The molecule has 29 heteroatoms. The average Bonchev–Trinajstić information content (AvgIpc) is 2.06. The number of imidazole rings is 2. The Bertz CT molecular complexity index is 4360. The normalized spacial score (nSPS) is 12.9. The zero-order chi connectivity index (χ0) is 58.7. The molecule has 0 atom stereocenters. The van der Waals surface area contributed by atoms with Crippen LogP contribution in [0.1, 0.15) is 102 Å². The van der Waals surface area contributed by atoms with E-state index in [4.69, 9.17) is 14.8 Å². The molecule has 2 fully saturated rings. The molecule has 12 rings (SSSR count). The van der Waals surface area contributed by atoms with E-state index in [0.717, 1.165) is 43.3 Å². The van der Waals surface area contributed by atoms with Gasteiger partial charge < -0.3 is 48.1 Å². The number of pyridine rings is 2. The monoisotopic (exact) mass is 1560 g/mol. The van der Waals surface area contributed by atoms with Crippen molar-refractivity contribution in [2.75, 3.05) is 37.2 Å². The Morgan fingerprint density at radius 1 is 0.598 bits per heavy atom. The van der Waals surface area contributed by atoms with Crippen molar-refractivity contribution in [3.8, 4) is 57.5 Å². The van der Waals surface area contributed by atoms with Crippen molar-refractivity contribution in [1.29, 1.82) is 0 Å². The molecule has 10 aromatic rings. The van der Waals surface area contributed by atoms with Crippen LogP contribution in [0.3, 0.4) is 0 Å². The predicted molar refractivity (Wildman–Crippen MR) is 323 cm³/mol. The first-order chi connectivity index (χ1) is 39.7. The molecule has 460 valence electrons. The topological polar surface area (TPSA) is 311 Å². The van der Waals surface area contributed by atoms with Crippen molar-refractivity contribution < 1.29 is 73.9 Å². The average molecular weight is 1570 g/mol. The Balaban J connectivity index is 0.000000240. The molecule has 8 aromatic heterocycles. The smallest absolute Gasteiger partial charge is 0.267 e. The van der Waals surface area contributed by atoms with Gasteiger partial charge in [-0.15, -0.1) is 20.4 Å². The second-order valence-electron chi connectivity index (χ2n) is 21.1. The summed E-state index contributed by atoms with van der Waals surface area (Å²) < 4.78 is 60.0. The van der Waals surface area contributed by atoms with Gasteiger partial charge in [0.25, 0.3) is 11.1 Å². The number of phenols is 1. The Kier molecular flexibility index (Phi) is 22.9. The van der Waals surface area contributed by atoms with Crippen LogP contribution in [0.2, 0.25) is 0 Å². The summed E-state index contributed by atoms with van der Waals surface area (Å²) in [6, 6.07) is 17.7. The van der Waals surface area contributed by atoms with Crippen LogP contribution < -0.4 is 15.9 Å². The van der Waals surface area contributed by atoms with Gasteiger partial charge in [-0.05, 0) is 103 Å². The van der Waals surface area contributed by atoms with Gasteiger partial charge >= 0.3 is 0 Å². The molecular weight excluding hydrogens is 1500 g/mol. The number of rotatable bonds is 18. The summed E-state index contributed by atoms with van der Waals surface area (Å²) in [5.41, 5.74) is 4.56. The predicted octanol–water partition coefficient (Wildman–Crippen LogP) is 7.19. The number of aliphatic hydroxyl groups excluding tert-OH is 1. The Hall–Kier alpha value is -7.44. The SMILES string of the molecule is CC(C)n1cnnc1-c1cccc(-n2cnc3cc(O)c(-n4cnc(C5CC5)c4)cc3c2=O)n1.CC(C)n1cnnc1-c1cccc(-n2cnc3cc(OCCCS(C)(=O)=O)c(-n4cnc(C5CC5)c4)cc3c2=O)n1.CS(=O)(=O)CCCO.[CH3-].[CH3-].[W].[W]. The summed E-state index contributed by atoms with van der Waals surface area (Å²) in [6.45, 7) is 8.29. The van der Waals surface area contributed by atoms with Gasteiger partial charge in [0.1, 0.15) is 79.5 Å². The maximum absolute atomic E-state index is 13.8. The molecule has 0 saturated heterocycles. The van der Waals surface area contributed by atoms with E-state index >= 15 is 0 Å². The molecule has 2 N–H and O–H groups in total. The van der Waals surface area contributed by atoms with Crippen LogP contribution in [0.4, 0.5) is 0 Å². The number of aromatic nitrogens is 16. The van der Waals surface area contributed by atoms with Crippen LogP contribution in [0.15, 0.2) is 121 Å². The minimum atomic E-state index is -3.10. The molecule has 0 aliphatic heterocycles. The molecule has 2 aromatic carbocycles. The van der Waals surface area contributed by atoms with Gasteiger partial charge in [-0.25, -0.2) is 46.7 Å². The maximum atomic E-state index is 13.8. The summed E-state index contributed by atoms with van der Waals surface area (Å²) >= 11 is 0. The van der Waals surface area contributed by atoms with Crippen molar-refractivity contribution in [1.82, 2.24) is 77.7 Å². The number of nitrogens with zero attached hydrogens (tertiary/aromatic N) is 16. The number of phenolic OH excluding ortho intramolecular Hbond substituents is 1. The summed E-state index contributed by atoms with van der Waals surface area (Å²) in [7, 11) is -5.95. The molecule has 0 spiro atoms. The first kappa shape index (κ1) is 68.7. The van der Waals surface area contributed by atoms with Crippen LogP contribution in [0, 0.1) is 14.9 Å². The quantitative estimate of drug-likeness (QED) is 0.0634. The van der Waals surface area contributed by atoms with E-state index in [-0.39, 0.29) is 111 Å². The van der Waals surface area contributed by atoms with Gasteiger partial charge in [0.2, 0.25) is 0 Å². The number of ether oxygens (including phenoxy) is 1. The van der Waals surface area contributed by atoms with Crippen molar-refractivity contribution in [3.63, 3.8) is 0 Å². The Morgan fingerprint density at radius 3 is 1.48 bits per heavy atom. The minimum Gasteiger partial charge on any atom is -0.506 e. The maximum Gasteiger partial charge on any atom is 0.267 e. The number of aliphatic hydroxyl groups is 1. The number of sulfone groups is 2.